The third-order valence-corrected chi connectivity index (χ3v) is 1.14. The van der Waals surface area contributed by atoms with Gasteiger partial charge in [-0.2, -0.15) is 0 Å². The van der Waals surface area contributed by atoms with E-state index in [0.717, 1.165) is 0 Å². The summed E-state index contributed by atoms with van der Waals surface area (Å²) in [7, 11) is 1.59. The van der Waals surface area contributed by atoms with Crippen LogP contribution < -0.4 is 0 Å². The van der Waals surface area contributed by atoms with Crippen LogP contribution in [0.1, 0.15) is 0 Å². The number of aliphatic hydroxyl groups is 2. The molecule has 62 valence electrons. The molecule has 0 aliphatic heterocycles. The molecule has 0 aromatic carbocycles. The maximum atomic E-state index is 8.51. The molecule has 0 aliphatic rings. The monoisotopic (exact) mass is 149 g/mol. The van der Waals surface area contributed by atoms with E-state index in [1.807, 2.05) is 4.90 Å². The van der Waals surface area contributed by atoms with Crippen LogP contribution in [0.4, 0.5) is 0 Å². The lowest BCUT2D eigenvalue weighted by atomic mass is 10.5. The largest absolute Gasteiger partial charge is 0.395 e. The Hall–Kier alpha value is -0.160. The smallest absolute Gasteiger partial charge is 0.0987 e. The zero-order valence-corrected chi connectivity index (χ0v) is 6.29. The number of hydrogen-bond acceptors (Lipinski definition) is 4. The van der Waals surface area contributed by atoms with Gasteiger partial charge in [0.1, 0.15) is 0 Å². The van der Waals surface area contributed by atoms with Crippen LogP contribution in [0, 0.1) is 0 Å². The van der Waals surface area contributed by atoms with Crippen LogP contribution in [0.5, 0.6) is 0 Å². The van der Waals surface area contributed by atoms with Gasteiger partial charge < -0.3 is 14.9 Å². The summed E-state index contributed by atoms with van der Waals surface area (Å²) in [6, 6.07) is 0. The molecule has 0 spiro atoms. The predicted octanol–water partition coefficient (Wildman–Crippen LogP) is -1.12. The molecule has 0 heterocycles. The number of methoxy groups -OCH3 is 1. The molecule has 0 atom stereocenters. The molecule has 4 heteroatoms. The lowest BCUT2D eigenvalue weighted by Gasteiger charge is -2.18. The van der Waals surface area contributed by atoms with Crippen molar-refractivity contribution in [1.29, 1.82) is 0 Å². The van der Waals surface area contributed by atoms with Gasteiger partial charge in [-0.3, -0.25) is 4.90 Å². The van der Waals surface area contributed by atoms with Gasteiger partial charge in [-0.25, -0.2) is 0 Å². The van der Waals surface area contributed by atoms with E-state index in [-0.39, 0.29) is 13.2 Å². The van der Waals surface area contributed by atoms with Gasteiger partial charge in [0.25, 0.3) is 0 Å². The van der Waals surface area contributed by atoms with Gasteiger partial charge in [0.15, 0.2) is 0 Å². The Morgan fingerprint density at radius 1 is 1.20 bits per heavy atom. The molecule has 0 saturated heterocycles. The fraction of sp³-hybridized carbons (Fsp3) is 1.00. The average Bonchev–Trinajstić information content (AvgIpc) is 1.90. The van der Waals surface area contributed by atoms with Crippen molar-refractivity contribution >= 4 is 0 Å². The highest BCUT2D eigenvalue weighted by Gasteiger charge is 2.00. The predicted molar refractivity (Wildman–Crippen MR) is 37.6 cm³/mol. The van der Waals surface area contributed by atoms with Crippen LogP contribution in [0.3, 0.4) is 0 Å². The minimum absolute atomic E-state index is 0.101. The first-order valence-corrected chi connectivity index (χ1v) is 3.28. The van der Waals surface area contributed by atoms with Gasteiger partial charge in [0.05, 0.1) is 19.9 Å². The van der Waals surface area contributed by atoms with E-state index >= 15 is 0 Å². The van der Waals surface area contributed by atoms with Crippen molar-refractivity contribution in [3.05, 3.63) is 0 Å². The molecule has 0 unspecified atom stereocenters. The summed E-state index contributed by atoms with van der Waals surface area (Å²) in [4.78, 5) is 1.82. The van der Waals surface area contributed by atoms with Gasteiger partial charge in [0, 0.05) is 20.2 Å². The van der Waals surface area contributed by atoms with Gasteiger partial charge >= 0.3 is 0 Å². The van der Waals surface area contributed by atoms with E-state index < -0.39 is 0 Å². The van der Waals surface area contributed by atoms with Crippen molar-refractivity contribution in [1.82, 2.24) is 4.90 Å². The Morgan fingerprint density at radius 3 is 2.00 bits per heavy atom. The van der Waals surface area contributed by atoms with Crippen molar-refractivity contribution in [2.75, 3.05) is 40.1 Å². The summed E-state index contributed by atoms with van der Waals surface area (Å²) in [6.45, 7) is 1.76. The highest BCUT2D eigenvalue weighted by atomic mass is 16.5. The van der Waals surface area contributed by atoms with E-state index in [1.54, 1.807) is 7.11 Å². The number of aliphatic hydroxyl groups excluding tert-OH is 2. The first-order chi connectivity index (χ1) is 4.85. The molecule has 0 rings (SSSR count). The first kappa shape index (κ1) is 9.84. The van der Waals surface area contributed by atoms with Crippen LogP contribution in [0.15, 0.2) is 0 Å². The van der Waals surface area contributed by atoms with Crippen LogP contribution in [-0.4, -0.2) is 55.3 Å². The maximum Gasteiger partial charge on any atom is 0.0987 e. The van der Waals surface area contributed by atoms with Crippen LogP contribution in [0.25, 0.3) is 0 Å². The third kappa shape index (κ3) is 4.69. The molecule has 0 bridgehead atoms. The lowest BCUT2D eigenvalue weighted by molar-refractivity contribution is 0.0402. The first-order valence-electron chi connectivity index (χ1n) is 3.28. The fourth-order valence-electron chi connectivity index (χ4n) is 0.706. The minimum Gasteiger partial charge on any atom is -0.395 e. The maximum absolute atomic E-state index is 8.51. The molecule has 2 N–H and O–H groups in total. The fourth-order valence-corrected chi connectivity index (χ4v) is 0.706. The molecular weight excluding hydrogens is 134 g/mol. The van der Waals surface area contributed by atoms with Crippen LogP contribution in [0.2, 0.25) is 0 Å². The second-order valence-electron chi connectivity index (χ2n) is 1.98. The topological polar surface area (TPSA) is 52.9 Å². The Kier molecular flexibility index (Phi) is 6.84. The van der Waals surface area contributed by atoms with E-state index in [2.05, 4.69) is 0 Å². The summed E-state index contributed by atoms with van der Waals surface area (Å²) >= 11 is 0. The zero-order chi connectivity index (χ0) is 7.82. The Morgan fingerprint density at radius 2 is 1.70 bits per heavy atom. The number of nitrogens with zero attached hydrogens (tertiary/aromatic N) is 1. The summed E-state index contributed by atoms with van der Waals surface area (Å²) in [5.41, 5.74) is 0. The Balaban J connectivity index is 3.30. The molecule has 0 radical (unpaired) electrons. The van der Waals surface area contributed by atoms with Crippen molar-refractivity contribution in [2.45, 2.75) is 0 Å². The SMILES string of the molecule is COCN(CCO)CCO. The normalized spacial score (nSPS) is 10.8. The molecule has 0 aromatic rings. The molecule has 0 fully saturated rings. The number of hydrogen-bond donors (Lipinski definition) is 2. The van der Waals surface area contributed by atoms with Crippen molar-refractivity contribution in [3.63, 3.8) is 0 Å². The second-order valence-corrected chi connectivity index (χ2v) is 1.98. The summed E-state index contributed by atoms with van der Waals surface area (Å²) in [5.74, 6) is 0. The van der Waals surface area contributed by atoms with Crippen molar-refractivity contribution < 1.29 is 14.9 Å². The summed E-state index contributed by atoms with van der Waals surface area (Å²) < 4.78 is 4.81. The molecule has 10 heavy (non-hydrogen) atoms. The van der Waals surface area contributed by atoms with Gasteiger partial charge in [-0.05, 0) is 0 Å². The van der Waals surface area contributed by atoms with Gasteiger partial charge in [-0.15, -0.1) is 0 Å². The quantitative estimate of drug-likeness (QED) is 0.470. The van der Waals surface area contributed by atoms with Gasteiger partial charge in [-0.1, -0.05) is 0 Å². The second kappa shape index (κ2) is 6.95. The van der Waals surface area contributed by atoms with E-state index in [0.29, 0.717) is 19.8 Å². The van der Waals surface area contributed by atoms with Gasteiger partial charge in [0.2, 0.25) is 0 Å². The van der Waals surface area contributed by atoms with Crippen molar-refractivity contribution in [3.8, 4) is 0 Å². The minimum atomic E-state index is 0.101. The zero-order valence-electron chi connectivity index (χ0n) is 6.29. The van der Waals surface area contributed by atoms with Crippen LogP contribution in [-0.2, 0) is 4.74 Å². The number of rotatable bonds is 6. The molecule has 0 aromatic heterocycles. The van der Waals surface area contributed by atoms with E-state index in [1.165, 1.54) is 0 Å². The molecule has 4 nitrogen and oxygen atoms in total. The Bertz CT molecular complexity index is 55.7. The Labute approximate surface area is 61.0 Å². The van der Waals surface area contributed by atoms with E-state index in [9.17, 15) is 0 Å². The summed E-state index contributed by atoms with van der Waals surface area (Å²) in [5, 5.41) is 17.0. The molecule has 0 amide bonds. The van der Waals surface area contributed by atoms with Crippen LogP contribution >= 0.6 is 0 Å². The number of ether oxygens (including phenoxy) is 1. The average molecular weight is 149 g/mol. The molecular formula is C6H15NO3. The standard InChI is InChI=1S/C6H15NO3/c1-10-6-7(2-4-8)3-5-9/h8-9H,2-6H2,1H3. The third-order valence-electron chi connectivity index (χ3n) is 1.14. The molecule has 0 saturated carbocycles. The highest BCUT2D eigenvalue weighted by Crippen LogP contribution is 1.85. The van der Waals surface area contributed by atoms with Crippen molar-refractivity contribution in [2.24, 2.45) is 0 Å². The highest BCUT2D eigenvalue weighted by molar-refractivity contribution is 4.49. The lowest BCUT2D eigenvalue weighted by Crippen LogP contribution is -2.31. The van der Waals surface area contributed by atoms with E-state index in [4.69, 9.17) is 14.9 Å². The summed E-state index contributed by atoms with van der Waals surface area (Å²) in [6.07, 6.45) is 0. The molecule has 0 aliphatic carbocycles.